The summed E-state index contributed by atoms with van der Waals surface area (Å²) in [4.78, 5) is 14.4. The van der Waals surface area contributed by atoms with Crippen molar-refractivity contribution in [2.45, 2.75) is 39.0 Å². The Balaban J connectivity index is 1.87. The lowest BCUT2D eigenvalue weighted by Crippen LogP contribution is -2.40. The molecule has 122 valence electrons. The van der Waals surface area contributed by atoms with Crippen LogP contribution in [0.25, 0.3) is 0 Å². The van der Waals surface area contributed by atoms with Crippen LogP contribution in [0.4, 0.5) is 4.39 Å². The van der Waals surface area contributed by atoms with E-state index in [2.05, 4.69) is 0 Å². The third-order valence-electron chi connectivity index (χ3n) is 4.41. The van der Waals surface area contributed by atoms with Gasteiger partial charge in [0.05, 0.1) is 6.42 Å². The zero-order valence-corrected chi connectivity index (χ0v) is 13.6. The van der Waals surface area contributed by atoms with Crippen LogP contribution in [0.3, 0.4) is 0 Å². The van der Waals surface area contributed by atoms with Gasteiger partial charge in [-0.05, 0) is 55.7 Å². The highest BCUT2D eigenvalue weighted by Gasteiger charge is 2.23. The average molecular weight is 307 g/mol. The Bertz CT molecular complexity index is 504. The average Bonchev–Trinajstić information content (AvgIpc) is 2.51. The smallest absolute Gasteiger partial charge is 0.226 e. The second kappa shape index (κ2) is 8.28. The van der Waals surface area contributed by atoms with Crippen molar-refractivity contribution in [3.05, 3.63) is 35.1 Å². The molecule has 0 spiro atoms. The first kappa shape index (κ1) is 16.9. The van der Waals surface area contributed by atoms with E-state index in [9.17, 15) is 9.18 Å². The first-order valence-corrected chi connectivity index (χ1v) is 8.12. The van der Waals surface area contributed by atoms with E-state index in [1.165, 1.54) is 12.5 Å². The Morgan fingerprint density at radius 2 is 2.27 bits per heavy atom. The van der Waals surface area contributed by atoms with Gasteiger partial charge in [0.2, 0.25) is 5.91 Å². The molecule has 1 fully saturated rings. The molecule has 1 aliphatic rings. The molecule has 0 bridgehead atoms. The number of nitrogens with zero attached hydrogens (tertiary/aromatic N) is 1. The van der Waals surface area contributed by atoms with E-state index < -0.39 is 0 Å². The number of piperidine rings is 1. The number of amides is 1. The van der Waals surface area contributed by atoms with Crippen molar-refractivity contribution in [3.63, 3.8) is 0 Å². The summed E-state index contributed by atoms with van der Waals surface area (Å²) in [5, 5.41) is 0. The number of methoxy groups -OCH3 is 1. The maximum Gasteiger partial charge on any atom is 0.226 e. The summed E-state index contributed by atoms with van der Waals surface area (Å²) in [6.07, 6.45) is 4.81. The van der Waals surface area contributed by atoms with E-state index in [4.69, 9.17) is 4.74 Å². The number of halogens is 1. The molecule has 0 aliphatic carbocycles. The zero-order valence-electron chi connectivity index (χ0n) is 13.6. The van der Waals surface area contributed by atoms with Gasteiger partial charge < -0.3 is 9.64 Å². The largest absolute Gasteiger partial charge is 0.385 e. The van der Waals surface area contributed by atoms with Crippen LogP contribution in [0.2, 0.25) is 0 Å². The van der Waals surface area contributed by atoms with Crippen LogP contribution in [0.15, 0.2) is 18.2 Å². The molecule has 2 rings (SSSR count). The minimum atomic E-state index is -0.215. The number of hydrogen-bond donors (Lipinski definition) is 0. The first-order chi connectivity index (χ1) is 10.6. The van der Waals surface area contributed by atoms with E-state index in [0.717, 1.165) is 44.5 Å². The normalized spacial score (nSPS) is 18.5. The predicted octanol–water partition coefficient (Wildman–Crippen LogP) is 3.34. The summed E-state index contributed by atoms with van der Waals surface area (Å²) in [5.41, 5.74) is 1.49. The van der Waals surface area contributed by atoms with Gasteiger partial charge in [0.25, 0.3) is 0 Å². The van der Waals surface area contributed by atoms with Crippen LogP contribution in [-0.4, -0.2) is 37.6 Å². The Morgan fingerprint density at radius 1 is 1.45 bits per heavy atom. The molecule has 1 aliphatic heterocycles. The molecule has 1 amide bonds. The first-order valence-electron chi connectivity index (χ1n) is 8.12. The lowest BCUT2D eigenvalue weighted by molar-refractivity contribution is -0.132. The Labute approximate surface area is 132 Å². The topological polar surface area (TPSA) is 29.5 Å². The summed E-state index contributed by atoms with van der Waals surface area (Å²) < 4.78 is 18.4. The van der Waals surface area contributed by atoms with Gasteiger partial charge in [0.1, 0.15) is 5.82 Å². The highest BCUT2D eigenvalue weighted by molar-refractivity contribution is 5.78. The molecule has 4 heteroatoms. The SMILES string of the molecule is COCCC[C@@H]1CCCN(C(=O)Cc2ccc(F)c(C)c2)C1. The monoisotopic (exact) mass is 307 g/mol. The summed E-state index contributed by atoms with van der Waals surface area (Å²) >= 11 is 0. The van der Waals surface area contributed by atoms with E-state index in [-0.39, 0.29) is 11.7 Å². The summed E-state index contributed by atoms with van der Waals surface area (Å²) in [5.74, 6) is 0.526. The lowest BCUT2D eigenvalue weighted by Gasteiger charge is -2.33. The molecule has 0 N–H and O–H groups in total. The summed E-state index contributed by atoms with van der Waals surface area (Å²) in [7, 11) is 1.72. The molecule has 1 saturated heterocycles. The van der Waals surface area contributed by atoms with Crippen molar-refractivity contribution in [1.29, 1.82) is 0 Å². The van der Waals surface area contributed by atoms with Crippen LogP contribution in [0.1, 0.15) is 36.8 Å². The van der Waals surface area contributed by atoms with E-state index in [1.54, 1.807) is 26.2 Å². The molecule has 22 heavy (non-hydrogen) atoms. The Kier molecular flexibility index (Phi) is 6.37. The minimum absolute atomic E-state index is 0.155. The van der Waals surface area contributed by atoms with Crippen LogP contribution < -0.4 is 0 Å². The molecule has 0 aromatic heterocycles. The molecular formula is C18H26FNO2. The number of likely N-dealkylation sites (tertiary alicyclic amines) is 1. The Morgan fingerprint density at radius 3 is 3.00 bits per heavy atom. The minimum Gasteiger partial charge on any atom is -0.385 e. The maximum atomic E-state index is 13.3. The molecule has 3 nitrogen and oxygen atoms in total. The summed E-state index contributed by atoms with van der Waals surface area (Å²) in [6.45, 7) is 4.22. The van der Waals surface area contributed by atoms with Crippen molar-refractivity contribution in [1.82, 2.24) is 4.90 Å². The van der Waals surface area contributed by atoms with Crippen molar-refractivity contribution < 1.29 is 13.9 Å². The number of aryl methyl sites for hydroxylation is 1. The van der Waals surface area contributed by atoms with Gasteiger partial charge in [-0.25, -0.2) is 4.39 Å². The van der Waals surface area contributed by atoms with Crippen molar-refractivity contribution in [2.75, 3.05) is 26.8 Å². The number of carbonyl (C=O) groups excluding carboxylic acids is 1. The zero-order chi connectivity index (χ0) is 15.9. The predicted molar refractivity (Wildman–Crippen MR) is 85.3 cm³/mol. The highest BCUT2D eigenvalue weighted by atomic mass is 19.1. The number of carbonyl (C=O) groups is 1. The lowest BCUT2D eigenvalue weighted by atomic mass is 9.93. The van der Waals surface area contributed by atoms with Gasteiger partial charge in [-0.2, -0.15) is 0 Å². The molecule has 0 radical (unpaired) electrons. The number of ether oxygens (including phenoxy) is 1. The van der Waals surface area contributed by atoms with Crippen LogP contribution in [0, 0.1) is 18.7 Å². The van der Waals surface area contributed by atoms with Crippen molar-refractivity contribution >= 4 is 5.91 Å². The van der Waals surface area contributed by atoms with Crippen LogP contribution in [-0.2, 0) is 16.0 Å². The molecule has 1 atom stereocenters. The molecule has 1 aromatic carbocycles. The van der Waals surface area contributed by atoms with E-state index >= 15 is 0 Å². The fourth-order valence-corrected chi connectivity index (χ4v) is 3.15. The molecule has 1 heterocycles. The number of rotatable bonds is 6. The highest BCUT2D eigenvalue weighted by Crippen LogP contribution is 2.22. The van der Waals surface area contributed by atoms with Gasteiger partial charge in [0, 0.05) is 26.8 Å². The van der Waals surface area contributed by atoms with Gasteiger partial charge in [-0.1, -0.05) is 12.1 Å². The fraction of sp³-hybridized carbons (Fsp3) is 0.611. The molecular weight excluding hydrogens is 281 g/mol. The Hall–Kier alpha value is -1.42. The quantitative estimate of drug-likeness (QED) is 0.754. The third kappa shape index (κ3) is 4.80. The van der Waals surface area contributed by atoms with Gasteiger partial charge in [-0.3, -0.25) is 4.79 Å². The second-order valence-corrected chi connectivity index (χ2v) is 6.24. The van der Waals surface area contributed by atoms with Gasteiger partial charge in [-0.15, -0.1) is 0 Å². The molecule has 1 aromatic rings. The van der Waals surface area contributed by atoms with Crippen LogP contribution in [0.5, 0.6) is 0 Å². The van der Waals surface area contributed by atoms with Crippen LogP contribution >= 0.6 is 0 Å². The fourth-order valence-electron chi connectivity index (χ4n) is 3.15. The number of hydrogen-bond acceptors (Lipinski definition) is 2. The van der Waals surface area contributed by atoms with Gasteiger partial charge >= 0.3 is 0 Å². The van der Waals surface area contributed by atoms with Crippen molar-refractivity contribution in [2.24, 2.45) is 5.92 Å². The second-order valence-electron chi connectivity index (χ2n) is 6.24. The maximum absolute atomic E-state index is 13.3. The molecule has 0 saturated carbocycles. The third-order valence-corrected chi connectivity index (χ3v) is 4.41. The molecule has 0 unspecified atom stereocenters. The summed E-state index contributed by atoms with van der Waals surface area (Å²) in [6, 6.07) is 4.93. The van der Waals surface area contributed by atoms with Crippen molar-refractivity contribution in [3.8, 4) is 0 Å². The van der Waals surface area contributed by atoms with E-state index in [0.29, 0.717) is 17.9 Å². The van der Waals surface area contributed by atoms with E-state index in [1.807, 2.05) is 4.90 Å². The van der Waals surface area contributed by atoms with Gasteiger partial charge in [0.15, 0.2) is 0 Å². The standard InChI is InChI=1S/C18H26FNO2/c1-14-11-16(7-8-17(14)19)12-18(21)20-9-3-5-15(13-20)6-4-10-22-2/h7-8,11,15H,3-6,9-10,12-13H2,1-2H3/t15-/m0/s1. The number of benzene rings is 1.